The maximum atomic E-state index is 4.82. The number of aryl methyl sites for hydroxylation is 1. The van der Waals surface area contributed by atoms with Crippen molar-refractivity contribution in [3.05, 3.63) is 30.1 Å². The molecule has 0 radical (unpaired) electrons. The Kier molecular flexibility index (Phi) is 3.33. The van der Waals surface area contributed by atoms with Gasteiger partial charge < -0.3 is 9.88 Å². The Morgan fingerprint density at radius 1 is 1.39 bits per heavy atom. The Labute approximate surface area is 108 Å². The van der Waals surface area contributed by atoms with Gasteiger partial charge in [0, 0.05) is 19.0 Å². The molecule has 0 aliphatic carbocycles. The van der Waals surface area contributed by atoms with Gasteiger partial charge in [-0.05, 0) is 37.9 Å². The molecule has 3 nitrogen and oxygen atoms in total. The number of hydrogen-bond acceptors (Lipinski definition) is 2. The first-order chi connectivity index (χ1) is 8.88. The number of aromatic nitrogens is 2. The van der Waals surface area contributed by atoms with Crippen LogP contribution in [0.3, 0.4) is 0 Å². The van der Waals surface area contributed by atoms with Crippen LogP contribution in [0.5, 0.6) is 0 Å². The van der Waals surface area contributed by atoms with E-state index >= 15 is 0 Å². The summed E-state index contributed by atoms with van der Waals surface area (Å²) in [5.41, 5.74) is 2.42. The van der Waals surface area contributed by atoms with E-state index in [1.165, 1.54) is 30.7 Å². The van der Waals surface area contributed by atoms with Gasteiger partial charge in [-0.2, -0.15) is 0 Å². The molecule has 3 heteroatoms. The number of para-hydroxylation sites is 2. The highest BCUT2D eigenvalue weighted by atomic mass is 15.1. The zero-order valence-corrected chi connectivity index (χ0v) is 11.0. The summed E-state index contributed by atoms with van der Waals surface area (Å²) in [5, 5.41) is 3.57. The summed E-state index contributed by atoms with van der Waals surface area (Å²) in [7, 11) is 0. The van der Waals surface area contributed by atoms with Gasteiger partial charge in [0.05, 0.1) is 11.0 Å². The van der Waals surface area contributed by atoms with Crippen molar-refractivity contribution < 1.29 is 0 Å². The highest BCUT2D eigenvalue weighted by Gasteiger charge is 2.18. The molecule has 1 aromatic heterocycles. The number of nitrogens with one attached hydrogen (secondary N) is 1. The minimum absolute atomic E-state index is 0.623. The quantitative estimate of drug-likeness (QED) is 0.895. The molecule has 3 rings (SSSR count). The molecule has 1 aliphatic heterocycles. The second kappa shape index (κ2) is 5.11. The smallest absolute Gasteiger partial charge is 0.111 e. The molecule has 1 aliphatic rings. The van der Waals surface area contributed by atoms with Crippen molar-refractivity contribution in [3.8, 4) is 0 Å². The molecule has 1 atom stereocenters. The van der Waals surface area contributed by atoms with Crippen molar-refractivity contribution >= 4 is 11.0 Å². The Morgan fingerprint density at radius 3 is 3.06 bits per heavy atom. The maximum Gasteiger partial charge on any atom is 0.111 e. The summed E-state index contributed by atoms with van der Waals surface area (Å²) in [5.74, 6) is 1.25. The van der Waals surface area contributed by atoms with Crippen LogP contribution in [0.2, 0.25) is 0 Å². The predicted octanol–water partition coefficient (Wildman–Crippen LogP) is 2.74. The minimum atomic E-state index is 0.623. The normalized spacial score (nSPS) is 19.7. The molecule has 96 valence electrons. The van der Waals surface area contributed by atoms with E-state index in [2.05, 4.69) is 41.1 Å². The Hall–Kier alpha value is -1.35. The van der Waals surface area contributed by atoms with Gasteiger partial charge in [0.2, 0.25) is 0 Å². The fraction of sp³-hybridized carbons (Fsp3) is 0.533. The lowest BCUT2D eigenvalue weighted by Crippen LogP contribution is -2.25. The molecule has 0 saturated carbocycles. The molecule has 0 amide bonds. The third-order valence-electron chi connectivity index (χ3n) is 3.77. The van der Waals surface area contributed by atoms with Crippen molar-refractivity contribution in [2.45, 2.75) is 45.2 Å². The van der Waals surface area contributed by atoms with E-state index in [-0.39, 0.29) is 0 Å². The molecule has 1 N–H and O–H groups in total. The van der Waals surface area contributed by atoms with Crippen LogP contribution in [0, 0.1) is 0 Å². The van der Waals surface area contributed by atoms with Gasteiger partial charge in [-0.1, -0.05) is 19.1 Å². The average Bonchev–Trinajstić information content (AvgIpc) is 3.00. The first-order valence-corrected chi connectivity index (χ1v) is 7.06. The number of rotatable bonds is 4. The fourth-order valence-corrected chi connectivity index (χ4v) is 2.91. The molecule has 18 heavy (non-hydrogen) atoms. The predicted molar refractivity (Wildman–Crippen MR) is 74.8 cm³/mol. The Bertz CT molecular complexity index is 524. The molecule has 1 saturated heterocycles. The monoisotopic (exact) mass is 243 g/mol. The van der Waals surface area contributed by atoms with Crippen LogP contribution in [0.4, 0.5) is 0 Å². The highest BCUT2D eigenvalue weighted by Crippen LogP contribution is 2.19. The summed E-state index contributed by atoms with van der Waals surface area (Å²) >= 11 is 0. The lowest BCUT2D eigenvalue weighted by molar-refractivity contribution is 0.556. The van der Waals surface area contributed by atoms with Crippen molar-refractivity contribution in [1.82, 2.24) is 14.9 Å². The maximum absolute atomic E-state index is 4.82. The molecule has 2 heterocycles. The summed E-state index contributed by atoms with van der Waals surface area (Å²) in [4.78, 5) is 4.82. The van der Waals surface area contributed by atoms with Gasteiger partial charge in [-0.25, -0.2) is 4.98 Å². The average molecular weight is 243 g/mol. The molecule has 1 fully saturated rings. The second-order valence-corrected chi connectivity index (χ2v) is 5.17. The number of benzene rings is 1. The number of fused-ring (bicyclic) bond motifs is 1. The fourth-order valence-electron chi connectivity index (χ4n) is 2.91. The van der Waals surface area contributed by atoms with E-state index in [4.69, 9.17) is 4.98 Å². The van der Waals surface area contributed by atoms with E-state index in [1.807, 2.05) is 0 Å². The van der Waals surface area contributed by atoms with E-state index in [0.29, 0.717) is 6.04 Å². The lowest BCUT2D eigenvalue weighted by Gasteiger charge is -2.12. The van der Waals surface area contributed by atoms with Gasteiger partial charge in [0.25, 0.3) is 0 Å². The lowest BCUT2D eigenvalue weighted by atomic mass is 10.1. The third kappa shape index (κ3) is 2.15. The molecular formula is C15H21N3. The molecular weight excluding hydrogens is 222 g/mol. The van der Waals surface area contributed by atoms with E-state index in [0.717, 1.165) is 24.9 Å². The standard InChI is InChI=1S/C15H21N3/c1-2-10-18-14-8-4-3-7-13(14)17-15(18)11-12-6-5-9-16-12/h3-4,7-8,12,16H,2,5-6,9-11H2,1H3. The van der Waals surface area contributed by atoms with E-state index in [9.17, 15) is 0 Å². The third-order valence-corrected chi connectivity index (χ3v) is 3.77. The van der Waals surface area contributed by atoms with Gasteiger partial charge >= 0.3 is 0 Å². The van der Waals surface area contributed by atoms with Crippen LogP contribution in [0.25, 0.3) is 11.0 Å². The zero-order valence-electron chi connectivity index (χ0n) is 11.0. The molecule has 1 aromatic carbocycles. The van der Waals surface area contributed by atoms with Crippen molar-refractivity contribution in [1.29, 1.82) is 0 Å². The van der Waals surface area contributed by atoms with Gasteiger partial charge in [-0.15, -0.1) is 0 Å². The molecule has 0 bridgehead atoms. The minimum Gasteiger partial charge on any atom is -0.328 e. The summed E-state index contributed by atoms with van der Waals surface area (Å²) in [6.45, 7) is 4.47. The number of hydrogen-bond donors (Lipinski definition) is 1. The Morgan fingerprint density at radius 2 is 2.28 bits per heavy atom. The number of imidazole rings is 1. The van der Waals surface area contributed by atoms with Crippen LogP contribution >= 0.6 is 0 Å². The first-order valence-electron chi connectivity index (χ1n) is 7.06. The zero-order chi connectivity index (χ0) is 12.4. The topological polar surface area (TPSA) is 29.9 Å². The number of nitrogens with zero attached hydrogens (tertiary/aromatic N) is 2. The summed E-state index contributed by atoms with van der Waals surface area (Å²) < 4.78 is 2.40. The van der Waals surface area contributed by atoms with Crippen molar-refractivity contribution in [2.75, 3.05) is 6.54 Å². The first kappa shape index (κ1) is 11.7. The van der Waals surface area contributed by atoms with Crippen LogP contribution < -0.4 is 5.32 Å². The van der Waals surface area contributed by atoms with Crippen molar-refractivity contribution in [2.24, 2.45) is 0 Å². The van der Waals surface area contributed by atoms with Gasteiger partial charge in [0.1, 0.15) is 5.82 Å². The van der Waals surface area contributed by atoms with E-state index < -0.39 is 0 Å². The molecule has 0 spiro atoms. The highest BCUT2D eigenvalue weighted by molar-refractivity contribution is 5.75. The molecule has 2 aromatic rings. The van der Waals surface area contributed by atoms with Gasteiger partial charge in [-0.3, -0.25) is 0 Å². The van der Waals surface area contributed by atoms with Crippen molar-refractivity contribution in [3.63, 3.8) is 0 Å². The van der Waals surface area contributed by atoms with Gasteiger partial charge in [0.15, 0.2) is 0 Å². The van der Waals surface area contributed by atoms with E-state index in [1.54, 1.807) is 0 Å². The second-order valence-electron chi connectivity index (χ2n) is 5.17. The summed E-state index contributed by atoms with van der Waals surface area (Å²) in [6, 6.07) is 9.10. The van der Waals surface area contributed by atoms with Crippen LogP contribution in [0.1, 0.15) is 32.0 Å². The SMILES string of the molecule is CCCn1c(CC2CCCN2)nc2ccccc21. The largest absolute Gasteiger partial charge is 0.328 e. The molecule has 1 unspecified atom stereocenters. The van der Waals surface area contributed by atoms with Crippen LogP contribution in [-0.2, 0) is 13.0 Å². The van der Waals surface area contributed by atoms with Crippen LogP contribution in [0.15, 0.2) is 24.3 Å². The van der Waals surface area contributed by atoms with Crippen LogP contribution in [-0.4, -0.2) is 22.1 Å². The Balaban J connectivity index is 1.95. The summed E-state index contributed by atoms with van der Waals surface area (Å²) in [6.07, 6.45) is 4.81.